The molecule has 8 heteroatoms. The largest absolute Gasteiger partial charge is 0.345 e. The molecular formula is C15H17Cl2N5O. The number of rotatable bonds is 4. The molecule has 2 aromatic rings. The molecule has 0 saturated carbocycles. The average Bonchev–Trinajstić information content (AvgIpc) is 3.16. The van der Waals surface area contributed by atoms with E-state index < -0.39 is 0 Å². The van der Waals surface area contributed by atoms with Gasteiger partial charge < -0.3 is 10.6 Å². The number of hydrogen-bond acceptors (Lipinski definition) is 4. The third kappa shape index (κ3) is 3.34. The number of aryl methyl sites for hydroxylation is 1. The van der Waals surface area contributed by atoms with Gasteiger partial charge in [-0.15, -0.1) is 5.10 Å². The Morgan fingerprint density at radius 3 is 2.78 bits per heavy atom. The number of halogens is 2. The molecule has 0 aliphatic carbocycles. The molecule has 23 heavy (non-hydrogen) atoms. The summed E-state index contributed by atoms with van der Waals surface area (Å²) in [5, 5.41) is 11.4. The zero-order valence-electron chi connectivity index (χ0n) is 12.6. The second kappa shape index (κ2) is 6.86. The van der Waals surface area contributed by atoms with E-state index in [-0.39, 0.29) is 17.8 Å². The molecule has 1 unspecified atom stereocenters. The number of aromatic nitrogens is 3. The Kier molecular flexibility index (Phi) is 4.84. The van der Waals surface area contributed by atoms with Crippen molar-refractivity contribution < 1.29 is 4.79 Å². The van der Waals surface area contributed by atoms with Gasteiger partial charge in [0.1, 0.15) is 11.5 Å². The summed E-state index contributed by atoms with van der Waals surface area (Å²) in [4.78, 5) is 16.7. The molecule has 3 rings (SSSR count). The summed E-state index contributed by atoms with van der Waals surface area (Å²) in [6.45, 7) is 3.61. The molecule has 1 saturated heterocycles. The highest BCUT2D eigenvalue weighted by Crippen LogP contribution is 2.28. The summed E-state index contributed by atoms with van der Waals surface area (Å²) < 4.78 is 1.55. The molecule has 0 bridgehead atoms. The molecule has 1 amide bonds. The van der Waals surface area contributed by atoms with E-state index in [1.165, 1.54) is 0 Å². The van der Waals surface area contributed by atoms with Crippen LogP contribution in [0, 0.1) is 0 Å². The zero-order valence-corrected chi connectivity index (χ0v) is 14.2. The van der Waals surface area contributed by atoms with Crippen LogP contribution in [0.15, 0.2) is 18.2 Å². The minimum atomic E-state index is -0.282. The van der Waals surface area contributed by atoms with Crippen LogP contribution in [-0.4, -0.2) is 39.8 Å². The quantitative estimate of drug-likeness (QED) is 0.883. The highest BCUT2D eigenvalue weighted by Gasteiger charge is 2.23. The molecule has 122 valence electrons. The predicted octanol–water partition coefficient (Wildman–Crippen LogP) is 2.23. The summed E-state index contributed by atoms with van der Waals surface area (Å²) in [6.07, 6.45) is 1.51. The van der Waals surface area contributed by atoms with E-state index in [1.54, 1.807) is 22.9 Å². The molecule has 1 atom stereocenters. The molecule has 1 aromatic carbocycles. The van der Waals surface area contributed by atoms with Gasteiger partial charge in [-0.2, -0.15) is 0 Å². The number of para-hydroxylation sites is 1. The van der Waals surface area contributed by atoms with Gasteiger partial charge in [0, 0.05) is 19.0 Å². The van der Waals surface area contributed by atoms with Crippen LogP contribution < -0.4 is 10.6 Å². The van der Waals surface area contributed by atoms with Crippen molar-refractivity contribution in [3.05, 3.63) is 39.9 Å². The van der Waals surface area contributed by atoms with Crippen LogP contribution in [0.3, 0.4) is 0 Å². The molecule has 0 spiro atoms. The fraction of sp³-hybridized carbons (Fsp3) is 0.400. The first-order valence-electron chi connectivity index (χ1n) is 7.52. The zero-order chi connectivity index (χ0) is 16.4. The molecule has 6 nitrogen and oxygen atoms in total. The van der Waals surface area contributed by atoms with Crippen molar-refractivity contribution in [2.24, 2.45) is 0 Å². The topological polar surface area (TPSA) is 71.8 Å². The van der Waals surface area contributed by atoms with E-state index in [2.05, 4.69) is 20.7 Å². The number of amides is 1. The van der Waals surface area contributed by atoms with Crippen LogP contribution in [0.25, 0.3) is 5.69 Å². The summed E-state index contributed by atoms with van der Waals surface area (Å²) in [5.74, 6) is 0.481. The molecule has 1 aliphatic rings. The number of nitrogens with one attached hydrogen (secondary N) is 2. The molecule has 2 heterocycles. The molecule has 1 aliphatic heterocycles. The Balaban J connectivity index is 1.93. The summed E-state index contributed by atoms with van der Waals surface area (Å²) in [6, 6.07) is 5.34. The van der Waals surface area contributed by atoms with E-state index in [1.807, 2.05) is 6.92 Å². The van der Waals surface area contributed by atoms with Gasteiger partial charge in [-0.1, -0.05) is 36.2 Å². The van der Waals surface area contributed by atoms with Crippen LogP contribution in [0.2, 0.25) is 10.0 Å². The Labute approximate surface area is 144 Å². The van der Waals surface area contributed by atoms with Gasteiger partial charge in [0.15, 0.2) is 0 Å². The maximum absolute atomic E-state index is 12.3. The van der Waals surface area contributed by atoms with Gasteiger partial charge >= 0.3 is 0 Å². The predicted molar refractivity (Wildman–Crippen MR) is 89.5 cm³/mol. The number of carbonyl (C=O) groups excluding carboxylic acids is 1. The summed E-state index contributed by atoms with van der Waals surface area (Å²) in [5.41, 5.74) is 0.543. The van der Waals surface area contributed by atoms with E-state index in [4.69, 9.17) is 23.2 Å². The van der Waals surface area contributed by atoms with Crippen molar-refractivity contribution in [3.8, 4) is 5.69 Å². The fourth-order valence-electron chi connectivity index (χ4n) is 2.57. The van der Waals surface area contributed by atoms with Gasteiger partial charge in [-0.3, -0.25) is 4.79 Å². The van der Waals surface area contributed by atoms with Crippen molar-refractivity contribution in [3.63, 3.8) is 0 Å². The second-order valence-electron chi connectivity index (χ2n) is 5.35. The van der Waals surface area contributed by atoms with Crippen LogP contribution in [0.1, 0.15) is 29.8 Å². The fourth-order valence-corrected chi connectivity index (χ4v) is 3.13. The molecular weight excluding hydrogens is 337 g/mol. The Morgan fingerprint density at radius 2 is 2.17 bits per heavy atom. The third-order valence-electron chi connectivity index (χ3n) is 3.74. The number of benzene rings is 1. The lowest BCUT2D eigenvalue weighted by Gasteiger charge is -2.09. The third-order valence-corrected chi connectivity index (χ3v) is 4.35. The van der Waals surface area contributed by atoms with Crippen LogP contribution >= 0.6 is 23.2 Å². The van der Waals surface area contributed by atoms with Crippen molar-refractivity contribution >= 4 is 29.1 Å². The smallest absolute Gasteiger partial charge is 0.291 e. The Morgan fingerprint density at radius 1 is 1.43 bits per heavy atom. The van der Waals surface area contributed by atoms with Crippen LogP contribution in [-0.2, 0) is 6.42 Å². The molecule has 2 N–H and O–H groups in total. The van der Waals surface area contributed by atoms with Gasteiger partial charge in [-0.05, 0) is 25.1 Å². The number of hydrogen-bond donors (Lipinski definition) is 2. The lowest BCUT2D eigenvalue weighted by molar-refractivity contribution is 0.0929. The van der Waals surface area contributed by atoms with Gasteiger partial charge in [0.25, 0.3) is 5.91 Å². The van der Waals surface area contributed by atoms with Crippen LogP contribution in [0.5, 0.6) is 0 Å². The molecule has 1 aromatic heterocycles. The summed E-state index contributed by atoms with van der Waals surface area (Å²) >= 11 is 12.5. The minimum Gasteiger partial charge on any atom is -0.345 e. The SMILES string of the molecule is CCc1nc(C(=O)NC2CCNC2)nn1-c1c(Cl)cccc1Cl. The minimum absolute atomic E-state index is 0.114. The maximum Gasteiger partial charge on any atom is 0.291 e. The van der Waals surface area contributed by atoms with E-state index >= 15 is 0 Å². The van der Waals surface area contributed by atoms with E-state index in [0.717, 1.165) is 19.5 Å². The Bertz CT molecular complexity index is 704. The lowest BCUT2D eigenvalue weighted by atomic mass is 10.2. The molecule has 1 fully saturated rings. The highest BCUT2D eigenvalue weighted by molar-refractivity contribution is 6.37. The Hall–Kier alpha value is -1.63. The maximum atomic E-state index is 12.3. The van der Waals surface area contributed by atoms with Crippen molar-refractivity contribution in [1.29, 1.82) is 0 Å². The number of carbonyl (C=O) groups is 1. The van der Waals surface area contributed by atoms with Crippen molar-refractivity contribution in [2.75, 3.05) is 13.1 Å². The summed E-state index contributed by atoms with van der Waals surface area (Å²) in [7, 11) is 0. The first-order chi connectivity index (χ1) is 11.1. The first kappa shape index (κ1) is 16.2. The highest BCUT2D eigenvalue weighted by atomic mass is 35.5. The normalized spacial score (nSPS) is 17.4. The van der Waals surface area contributed by atoms with Gasteiger partial charge in [0.05, 0.1) is 10.0 Å². The second-order valence-corrected chi connectivity index (χ2v) is 6.16. The lowest BCUT2D eigenvalue weighted by Crippen LogP contribution is -2.36. The monoisotopic (exact) mass is 353 g/mol. The van der Waals surface area contributed by atoms with Gasteiger partial charge in [0.2, 0.25) is 5.82 Å². The first-order valence-corrected chi connectivity index (χ1v) is 8.27. The van der Waals surface area contributed by atoms with Gasteiger partial charge in [-0.25, -0.2) is 9.67 Å². The average molecular weight is 354 g/mol. The molecule has 0 radical (unpaired) electrons. The standard InChI is InChI=1S/C15H17Cl2N5O/c1-2-12-20-14(15(23)19-9-6-7-18-8-9)21-22(12)13-10(16)4-3-5-11(13)17/h3-5,9,18H,2,6-8H2,1H3,(H,19,23). The van der Waals surface area contributed by atoms with Crippen LogP contribution in [0.4, 0.5) is 0 Å². The van der Waals surface area contributed by atoms with Crippen molar-refractivity contribution in [1.82, 2.24) is 25.4 Å². The number of nitrogens with zero attached hydrogens (tertiary/aromatic N) is 3. The van der Waals surface area contributed by atoms with E-state index in [0.29, 0.717) is 28.0 Å². The van der Waals surface area contributed by atoms with Crippen molar-refractivity contribution in [2.45, 2.75) is 25.8 Å². The van der Waals surface area contributed by atoms with E-state index in [9.17, 15) is 4.79 Å².